The summed E-state index contributed by atoms with van der Waals surface area (Å²) in [6.07, 6.45) is 4.24. The Morgan fingerprint density at radius 3 is 2.72 bits per heavy atom. The summed E-state index contributed by atoms with van der Waals surface area (Å²) in [4.78, 5) is 16.8. The van der Waals surface area contributed by atoms with Crippen molar-refractivity contribution in [2.24, 2.45) is 4.99 Å². The molecule has 2 aromatic rings. The molecule has 0 radical (unpaired) electrons. The molecule has 32 heavy (non-hydrogen) atoms. The first kappa shape index (κ1) is 22.3. The van der Waals surface area contributed by atoms with Gasteiger partial charge < -0.3 is 20.7 Å². The first-order valence-electron chi connectivity index (χ1n) is 11.3. The molecule has 1 unspecified atom stereocenters. The minimum absolute atomic E-state index is 0.0270. The van der Waals surface area contributed by atoms with Crippen molar-refractivity contribution in [2.45, 2.75) is 43.7 Å². The van der Waals surface area contributed by atoms with Crippen LogP contribution in [0.25, 0.3) is 0 Å². The van der Waals surface area contributed by atoms with Crippen molar-refractivity contribution >= 4 is 11.9 Å². The molecule has 4 rings (SSSR count). The standard InChI is InChI=1S/C25H31FN4O2/c1-27-24(30-17-25(10-11-25)20-7-3-8-21(26)14-20)29-15-18-5-2-6-19(13-18)23(31)28-16-22-9-4-12-32-22/h2-3,5-8,13-14,22H,4,9-12,15-17H2,1H3,(H,28,31)(H2,27,29,30). The number of carbonyl (C=O) groups is 1. The van der Waals surface area contributed by atoms with E-state index in [1.165, 1.54) is 6.07 Å². The number of hydrogen-bond acceptors (Lipinski definition) is 3. The summed E-state index contributed by atoms with van der Waals surface area (Å²) in [6, 6.07) is 14.4. The minimum Gasteiger partial charge on any atom is -0.376 e. The van der Waals surface area contributed by atoms with Crippen molar-refractivity contribution in [3.05, 3.63) is 71.0 Å². The van der Waals surface area contributed by atoms with Crippen molar-refractivity contribution in [3.63, 3.8) is 0 Å². The van der Waals surface area contributed by atoms with E-state index in [0.717, 1.165) is 43.4 Å². The Balaban J connectivity index is 1.27. The van der Waals surface area contributed by atoms with E-state index in [1.54, 1.807) is 19.2 Å². The first-order chi connectivity index (χ1) is 15.6. The molecule has 1 aliphatic heterocycles. The molecule has 0 aromatic heterocycles. The van der Waals surface area contributed by atoms with Crippen molar-refractivity contribution in [1.82, 2.24) is 16.0 Å². The van der Waals surface area contributed by atoms with Gasteiger partial charge >= 0.3 is 0 Å². The first-order valence-corrected chi connectivity index (χ1v) is 11.3. The number of guanidine groups is 1. The summed E-state index contributed by atoms with van der Waals surface area (Å²) in [5.41, 5.74) is 2.63. The van der Waals surface area contributed by atoms with Crippen LogP contribution in [0.15, 0.2) is 53.5 Å². The van der Waals surface area contributed by atoms with Crippen LogP contribution < -0.4 is 16.0 Å². The van der Waals surface area contributed by atoms with Crippen LogP contribution in [0.1, 0.15) is 47.2 Å². The molecule has 2 aliphatic rings. The predicted octanol–water partition coefficient (Wildman–Crippen LogP) is 3.13. The molecule has 170 valence electrons. The molecule has 0 bridgehead atoms. The van der Waals surface area contributed by atoms with E-state index < -0.39 is 0 Å². The van der Waals surface area contributed by atoms with Gasteiger partial charge in [-0.15, -0.1) is 0 Å². The van der Waals surface area contributed by atoms with Crippen molar-refractivity contribution in [3.8, 4) is 0 Å². The topological polar surface area (TPSA) is 74.8 Å². The normalized spacial score (nSPS) is 19.4. The molecular formula is C25H31FN4O2. The second-order valence-corrected chi connectivity index (χ2v) is 8.62. The number of amides is 1. The van der Waals surface area contributed by atoms with E-state index in [1.807, 2.05) is 30.3 Å². The summed E-state index contributed by atoms with van der Waals surface area (Å²) in [7, 11) is 1.73. The summed E-state index contributed by atoms with van der Waals surface area (Å²) < 4.78 is 19.2. The highest BCUT2D eigenvalue weighted by Gasteiger charge is 2.44. The average Bonchev–Trinajstić information content (AvgIpc) is 3.43. The lowest BCUT2D eigenvalue weighted by Gasteiger charge is -2.19. The number of ether oxygens (including phenoxy) is 1. The van der Waals surface area contributed by atoms with Crippen LogP contribution in [0, 0.1) is 5.82 Å². The van der Waals surface area contributed by atoms with E-state index in [4.69, 9.17) is 4.74 Å². The van der Waals surface area contributed by atoms with Gasteiger partial charge in [0.2, 0.25) is 0 Å². The fraction of sp³-hybridized carbons (Fsp3) is 0.440. The Bertz CT molecular complexity index is 968. The Morgan fingerprint density at radius 1 is 1.16 bits per heavy atom. The number of rotatable bonds is 8. The van der Waals surface area contributed by atoms with Gasteiger partial charge in [-0.25, -0.2) is 4.39 Å². The van der Waals surface area contributed by atoms with Crippen LogP contribution in [0.5, 0.6) is 0 Å². The quantitative estimate of drug-likeness (QED) is 0.437. The van der Waals surface area contributed by atoms with Gasteiger partial charge in [0.1, 0.15) is 5.82 Å². The average molecular weight is 439 g/mol. The van der Waals surface area contributed by atoms with Gasteiger partial charge in [-0.3, -0.25) is 9.79 Å². The van der Waals surface area contributed by atoms with Crippen molar-refractivity contribution in [1.29, 1.82) is 0 Å². The van der Waals surface area contributed by atoms with Gasteiger partial charge in [-0.05, 0) is 61.1 Å². The van der Waals surface area contributed by atoms with Crippen LogP contribution in [0.4, 0.5) is 4.39 Å². The molecule has 0 spiro atoms. The maximum atomic E-state index is 13.6. The van der Waals surface area contributed by atoms with Gasteiger partial charge in [0, 0.05) is 44.3 Å². The van der Waals surface area contributed by atoms with Crippen LogP contribution in [0.3, 0.4) is 0 Å². The Hall–Kier alpha value is -2.93. The second kappa shape index (κ2) is 10.1. The zero-order valence-corrected chi connectivity index (χ0v) is 18.5. The van der Waals surface area contributed by atoms with Crippen molar-refractivity contribution in [2.75, 3.05) is 26.7 Å². The molecule has 1 heterocycles. The molecule has 1 saturated heterocycles. The summed E-state index contributed by atoms with van der Waals surface area (Å²) >= 11 is 0. The third kappa shape index (κ3) is 5.65. The second-order valence-electron chi connectivity index (χ2n) is 8.62. The third-order valence-corrected chi connectivity index (χ3v) is 6.27. The van der Waals surface area contributed by atoms with Gasteiger partial charge in [-0.1, -0.05) is 24.3 Å². The molecule has 1 aliphatic carbocycles. The van der Waals surface area contributed by atoms with E-state index >= 15 is 0 Å². The Morgan fingerprint density at radius 2 is 2.00 bits per heavy atom. The highest BCUT2D eigenvalue weighted by Crippen LogP contribution is 2.47. The fourth-order valence-corrected chi connectivity index (χ4v) is 4.13. The zero-order chi connectivity index (χ0) is 22.4. The zero-order valence-electron chi connectivity index (χ0n) is 18.5. The lowest BCUT2D eigenvalue weighted by molar-refractivity contribution is 0.0857. The van der Waals surface area contributed by atoms with Crippen LogP contribution in [-0.4, -0.2) is 44.7 Å². The Kier molecular flexibility index (Phi) is 7.05. The fourth-order valence-electron chi connectivity index (χ4n) is 4.13. The molecule has 6 nitrogen and oxygen atoms in total. The number of carbonyl (C=O) groups excluding carboxylic acids is 1. The largest absolute Gasteiger partial charge is 0.376 e. The van der Waals surface area contributed by atoms with Crippen LogP contribution in [-0.2, 0) is 16.7 Å². The minimum atomic E-state index is -0.198. The van der Waals surface area contributed by atoms with Crippen molar-refractivity contribution < 1.29 is 13.9 Å². The summed E-state index contributed by atoms with van der Waals surface area (Å²) in [6.45, 7) is 2.56. The molecule has 7 heteroatoms. The number of nitrogens with zero attached hydrogens (tertiary/aromatic N) is 1. The number of halogens is 1. The maximum absolute atomic E-state index is 13.6. The SMILES string of the molecule is CN=C(NCc1cccc(C(=O)NCC2CCCO2)c1)NCC1(c2cccc(F)c2)CC1. The number of hydrogen-bond donors (Lipinski definition) is 3. The molecule has 2 fully saturated rings. The van der Waals surface area contributed by atoms with Gasteiger partial charge in [0.05, 0.1) is 6.10 Å². The van der Waals surface area contributed by atoms with Gasteiger partial charge in [0.25, 0.3) is 5.91 Å². The summed E-state index contributed by atoms with van der Waals surface area (Å²) in [5.74, 6) is 0.396. The predicted molar refractivity (Wildman–Crippen MR) is 123 cm³/mol. The molecule has 1 saturated carbocycles. The smallest absolute Gasteiger partial charge is 0.251 e. The number of aliphatic imine (C=N–C) groups is 1. The molecule has 3 N–H and O–H groups in total. The molecule has 1 amide bonds. The van der Waals surface area contributed by atoms with E-state index in [9.17, 15) is 9.18 Å². The highest BCUT2D eigenvalue weighted by molar-refractivity contribution is 5.94. The monoisotopic (exact) mass is 438 g/mol. The number of nitrogens with one attached hydrogen (secondary N) is 3. The Labute approximate surface area is 188 Å². The lowest BCUT2D eigenvalue weighted by Crippen LogP contribution is -2.41. The van der Waals surface area contributed by atoms with Gasteiger partial charge in [0.15, 0.2) is 5.96 Å². The third-order valence-electron chi connectivity index (χ3n) is 6.27. The maximum Gasteiger partial charge on any atom is 0.251 e. The highest BCUT2D eigenvalue weighted by atomic mass is 19.1. The van der Waals surface area contributed by atoms with E-state index in [-0.39, 0.29) is 23.2 Å². The van der Waals surface area contributed by atoms with Gasteiger partial charge in [-0.2, -0.15) is 0 Å². The number of benzene rings is 2. The molecule has 2 aromatic carbocycles. The molecule has 1 atom stereocenters. The van der Waals surface area contributed by atoms with E-state index in [0.29, 0.717) is 31.2 Å². The summed E-state index contributed by atoms with van der Waals surface area (Å²) in [5, 5.41) is 9.64. The van der Waals surface area contributed by atoms with E-state index in [2.05, 4.69) is 20.9 Å². The van der Waals surface area contributed by atoms with Crippen LogP contribution >= 0.6 is 0 Å². The van der Waals surface area contributed by atoms with Crippen LogP contribution in [0.2, 0.25) is 0 Å². The molecular weight excluding hydrogens is 407 g/mol. The lowest BCUT2D eigenvalue weighted by atomic mass is 9.96.